The maximum absolute atomic E-state index is 2.41. The summed E-state index contributed by atoms with van der Waals surface area (Å²) in [5.74, 6) is 0. The third-order valence-corrected chi connectivity index (χ3v) is 12.2. The minimum atomic E-state index is 1.12. The highest BCUT2D eigenvalue weighted by Crippen LogP contribution is 2.45. The van der Waals surface area contributed by atoms with Crippen LogP contribution < -0.4 is 4.90 Å². The monoisotopic (exact) mass is 718 g/mol. The molecule has 0 aliphatic rings. The van der Waals surface area contributed by atoms with Gasteiger partial charge in [-0.2, -0.15) is 0 Å². The molecular weight excluding hydrogens is 685 g/mol. The van der Waals surface area contributed by atoms with E-state index in [-0.39, 0.29) is 0 Å². The van der Waals surface area contributed by atoms with Crippen molar-refractivity contribution in [3.8, 4) is 27.9 Å². The van der Waals surface area contributed by atoms with E-state index in [0.717, 1.165) is 17.1 Å². The van der Waals surface area contributed by atoms with E-state index in [1.807, 2.05) is 11.3 Å². The lowest BCUT2D eigenvalue weighted by Gasteiger charge is -2.26. The number of aromatic nitrogens is 1. The van der Waals surface area contributed by atoms with Crippen LogP contribution in [0.2, 0.25) is 0 Å². The second-order valence-electron chi connectivity index (χ2n) is 14.1. The van der Waals surface area contributed by atoms with Crippen molar-refractivity contribution in [2.24, 2.45) is 0 Å². The first-order valence-electron chi connectivity index (χ1n) is 18.8. The molecular formula is C52H34N2S. The smallest absolute Gasteiger partial charge is 0.0640 e. The highest BCUT2D eigenvalue weighted by atomic mass is 32.1. The summed E-state index contributed by atoms with van der Waals surface area (Å²) in [5, 5.41) is 7.73. The van der Waals surface area contributed by atoms with Crippen LogP contribution in [0.25, 0.3) is 80.7 Å². The Kier molecular flexibility index (Phi) is 7.39. The van der Waals surface area contributed by atoms with E-state index in [9.17, 15) is 0 Å². The number of anilines is 3. The molecule has 0 fully saturated rings. The fraction of sp³-hybridized carbons (Fsp3) is 0. The highest BCUT2D eigenvalue weighted by Gasteiger charge is 2.19. The minimum Gasteiger partial charge on any atom is -0.309 e. The Hall–Kier alpha value is -6.94. The number of fused-ring (bicyclic) bond motifs is 8. The van der Waals surface area contributed by atoms with E-state index in [2.05, 4.69) is 216 Å². The first-order chi connectivity index (χ1) is 27.3. The average molecular weight is 719 g/mol. The summed E-state index contributed by atoms with van der Waals surface area (Å²) < 4.78 is 4.99. The molecule has 0 amide bonds. The van der Waals surface area contributed by atoms with Gasteiger partial charge in [-0.25, -0.2) is 0 Å². The van der Waals surface area contributed by atoms with E-state index in [0.29, 0.717) is 0 Å². The fourth-order valence-electron chi connectivity index (χ4n) is 8.39. The van der Waals surface area contributed by atoms with Crippen molar-refractivity contribution in [2.75, 3.05) is 4.90 Å². The van der Waals surface area contributed by atoms with Crippen LogP contribution in [-0.4, -0.2) is 4.57 Å². The van der Waals surface area contributed by atoms with Crippen molar-refractivity contribution in [1.29, 1.82) is 0 Å². The van der Waals surface area contributed by atoms with Gasteiger partial charge in [0.05, 0.1) is 21.4 Å². The zero-order valence-electron chi connectivity index (χ0n) is 29.9. The molecule has 9 aromatic carbocycles. The van der Waals surface area contributed by atoms with Gasteiger partial charge >= 0.3 is 0 Å². The second kappa shape index (κ2) is 12.9. The van der Waals surface area contributed by atoms with Crippen molar-refractivity contribution in [2.45, 2.75) is 0 Å². The van der Waals surface area contributed by atoms with E-state index < -0.39 is 0 Å². The van der Waals surface area contributed by atoms with Gasteiger partial charge in [0.1, 0.15) is 0 Å². The van der Waals surface area contributed by atoms with Gasteiger partial charge in [-0.05, 0) is 93.7 Å². The number of thiophene rings is 1. The Bertz CT molecular complexity index is 3170. The molecule has 2 aromatic heterocycles. The van der Waals surface area contributed by atoms with Gasteiger partial charge in [0.2, 0.25) is 0 Å². The molecule has 0 N–H and O–H groups in total. The first kappa shape index (κ1) is 31.6. The minimum absolute atomic E-state index is 1.12. The third-order valence-electron chi connectivity index (χ3n) is 11.0. The number of benzene rings is 9. The first-order valence-corrected chi connectivity index (χ1v) is 19.6. The lowest BCUT2D eigenvalue weighted by atomic mass is 10.0. The molecule has 11 aromatic rings. The Morgan fingerprint density at radius 2 is 0.927 bits per heavy atom. The summed E-state index contributed by atoms with van der Waals surface area (Å²) in [6.45, 7) is 0. The summed E-state index contributed by atoms with van der Waals surface area (Å²) in [5.41, 5.74) is 11.8. The number of rotatable bonds is 6. The quantitative estimate of drug-likeness (QED) is 0.166. The Balaban J connectivity index is 0.988. The zero-order valence-corrected chi connectivity index (χ0v) is 30.7. The SMILES string of the molecule is c1ccc(-c2ccc(N(c3ccc(-c4ccc(-n5c6ccccc6c6c7ccccc7ccc65)cc4)cc3)c3cccc4c3sc3ccccc34)cc2)cc1. The summed E-state index contributed by atoms with van der Waals surface area (Å²) in [7, 11) is 0. The van der Waals surface area contributed by atoms with Crippen LogP contribution in [-0.2, 0) is 0 Å². The summed E-state index contributed by atoms with van der Waals surface area (Å²) >= 11 is 1.86. The molecule has 0 unspecified atom stereocenters. The number of hydrogen-bond acceptors (Lipinski definition) is 2. The van der Waals surface area contributed by atoms with Crippen LogP contribution >= 0.6 is 11.3 Å². The molecule has 0 atom stereocenters. The predicted molar refractivity (Wildman–Crippen MR) is 237 cm³/mol. The highest BCUT2D eigenvalue weighted by molar-refractivity contribution is 7.26. The molecule has 3 heteroatoms. The van der Waals surface area contributed by atoms with Crippen LogP contribution in [0.15, 0.2) is 206 Å². The van der Waals surface area contributed by atoms with E-state index in [1.54, 1.807) is 0 Å². The molecule has 11 rings (SSSR count). The Labute approximate surface area is 323 Å². The van der Waals surface area contributed by atoms with E-state index >= 15 is 0 Å². The maximum Gasteiger partial charge on any atom is 0.0640 e. The molecule has 0 radical (unpaired) electrons. The van der Waals surface area contributed by atoms with Gasteiger partial charge in [-0.3, -0.25) is 0 Å². The van der Waals surface area contributed by atoms with Gasteiger partial charge in [0.25, 0.3) is 0 Å². The van der Waals surface area contributed by atoms with E-state index in [1.165, 1.54) is 80.7 Å². The number of hydrogen-bond donors (Lipinski definition) is 0. The molecule has 55 heavy (non-hydrogen) atoms. The predicted octanol–water partition coefficient (Wildman–Crippen LogP) is 15.1. The summed E-state index contributed by atoms with van der Waals surface area (Å²) in [6, 6.07) is 75.0. The van der Waals surface area contributed by atoms with Crippen LogP contribution in [0.4, 0.5) is 17.1 Å². The largest absolute Gasteiger partial charge is 0.309 e. The third kappa shape index (κ3) is 5.24. The summed E-state index contributed by atoms with van der Waals surface area (Å²) in [4.78, 5) is 2.41. The molecule has 2 heterocycles. The van der Waals surface area contributed by atoms with Crippen LogP contribution in [0.3, 0.4) is 0 Å². The molecule has 0 saturated carbocycles. The van der Waals surface area contributed by atoms with Gasteiger partial charge in [0.15, 0.2) is 0 Å². The van der Waals surface area contributed by atoms with Gasteiger partial charge in [-0.15, -0.1) is 11.3 Å². The topological polar surface area (TPSA) is 8.17 Å². The van der Waals surface area contributed by atoms with Crippen LogP contribution in [0.1, 0.15) is 0 Å². The standard InChI is InChI=1S/C52H34N2S/c1-2-11-35(12-3-1)36-21-28-40(29-22-36)53(49-19-10-17-45-44-15-7-9-20-50(44)55-52(45)49)41-30-23-37(24-31-41)38-25-32-42(33-26-38)54-47-18-8-6-16-46(47)51-43-14-5-4-13-39(43)27-34-48(51)54/h1-34H. The maximum atomic E-state index is 2.41. The molecule has 2 nitrogen and oxygen atoms in total. The summed E-state index contributed by atoms with van der Waals surface area (Å²) in [6.07, 6.45) is 0. The van der Waals surface area contributed by atoms with E-state index in [4.69, 9.17) is 0 Å². The lowest BCUT2D eigenvalue weighted by Crippen LogP contribution is -2.10. The Morgan fingerprint density at radius 1 is 0.364 bits per heavy atom. The van der Waals surface area contributed by atoms with Crippen molar-refractivity contribution in [3.05, 3.63) is 206 Å². The van der Waals surface area contributed by atoms with Gasteiger partial charge < -0.3 is 9.47 Å². The molecule has 0 saturated heterocycles. The normalized spacial score (nSPS) is 11.6. The zero-order chi connectivity index (χ0) is 36.3. The molecule has 0 aliphatic heterocycles. The molecule has 258 valence electrons. The van der Waals surface area contributed by atoms with Crippen molar-refractivity contribution in [3.63, 3.8) is 0 Å². The van der Waals surface area contributed by atoms with Crippen molar-refractivity contribution < 1.29 is 0 Å². The van der Waals surface area contributed by atoms with Crippen LogP contribution in [0.5, 0.6) is 0 Å². The van der Waals surface area contributed by atoms with Gasteiger partial charge in [0, 0.05) is 43.3 Å². The van der Waals surface area contributed by atoms with Crippen molar-refractivity contribution in [1.82, 2.24) is 4.57 Å². The van der Waals surface area contributed by atoms with Crippen molar-refractivity contribution >= 4 is 81.1 Å². The average Bonchev–Trinajstić information content (AvgIpc) is 3.81. The Morgan fingerprint density at radius 3 is 1.65 bits per heavy atom. The molecule has 0 spiro atoms. The number of nitrogens with zero attached hydrogens (tertiary/aromatic N) is 2. The van der Waals surface area contributed by atoms with Gasteiger partial charge in [-0.1, -0.05) is 146 Å². The second-order valence-corrected chi connectivity index (χ2v) is 15.2. The number of para-hydroxylation sites is 1. The van der Waals surface area contributed by atoms with Crippen LogP contribution in [0, 0.1) is 0 Å². The fourth-order valence-corrected chi connectivity index (χ4v) is 9.60. The molecule has 0 aliphatic carbocycles. The molecule has 0 bridgehead atoms. The lowest BCUT2D eigenvalue weighted by molar-refractivity contribution is 1.18.